The van der Waals surface area contributed by atoms with Crippen LogP contribution in [0.4, 0.5) is 0 Å². The molecule has 2 nitrogen and oxygen atoms in total. The van der Waals surface area contributed by atoms with E-state index in [4.69, 9.17) is 0 Å². The van der Waals surface area contributed by atoms with Crippen molar-refractivity contribution >= 4 is 0 Å². The first kappa shape index (κ1) is 15.0. The van der Waals surface area contributed by atoms with Gasteiger partial charge in [-0.3, -0.25) is 0 Å². The van der Waals surface area contributed by atoms with Crippen LogP contribution < -0.4 is 5.32 Å². The van der Waals surface area contributed by atoms with Crippen molar-refractivity contribution in [3.63, 3.8) is 0 Å². The lowest BCUT2D eigenvalue weighted by Crippen LogP contribution is -2.38. The summed E-state index contributed by atoms with van der Waals surface area (Å²) >= 11 is 0. The Bertz CT molecular complexity index is 203. The maximum absolute atomic E-state index is 3.31. The third-order valence-corrected chi connectivity index (χ3v) is 4.57. The van der Waals surface area contributed by atoms with E-state index < -0.39 is 0 Å². The van der Waals surface area contributed by atoms with E-state index in [1.54, 1.807) is 0 Å². The molecule has 1 N–H and O–H groups in total. The lowest BCUT2D eigenvalue weighted by atomic mass is 9.75. The Balaban J connectivity index is 2.18. The molecule has 0 aromatic rings. The lowest BCUT2D eigenvalue weighted by Gasteiger charge is -2.38. The summed E-state index contributed by atoms with van der Waals surface area (Å²) in [6.45, 7) is 8.36. The summed E-state index contributed by atoms with van der Waals surface area (Å²) in [5, 5.41) is 3.31. The zero-order valence-electron chi connectivity index (χ0n) is 12.6. The first-order valence-corrected chi connectivity index (χ1v) is 7.32. The molecule has 1 aliphatic rings. The third kappa shape index (κ3) is 5.39. The van der Waals surface area contributed by atoms with E-state index in [2.05, 4.69) is 45.1 Å². The summed E-state index contributed by atoms with van der Waals surface area (Å²) in [6, 6.07) is 1.50. The van der Waals surface area contributed by atoms with Crippen LogP contribution in [-0.4, -0.2) is 37.6 Å². The van der Waals surface area contributed by atoms with Crippen LogP contribution in [0.5, 0.6) is 0 Å². The fraction of sp³-hybridized carbons (Fsp3) is 1.00. The molecule has 0 aromatic heterocycles. The topological polar surface area (TPSA) is 15.3 Å². The predicted octanol–water partition coefficient (Wildman–Crippen LogP) is 3.28. The average molecular weight is 240 g/mol. The summed E-state index contributed by atoms with van der Waals surface area (Å²) in [5.74, 6) is 0. The van der Waals surface area contributed by atoms with Gasteiger partial charge in [0.15, 0.2) is 0 Å². The molecule has 0 heterocycles. The van der Waals surface area contributed by atoms with Gasteiger partial charge in [0.05, 0.1) is 0 Å². The minimum atomic E-state index is 0.595. The summed E-state index contributed by atoms with van der Waals surface area (Å²) < 4.78 is 0. The molecule has 1 fully saturated rings. The molecule has 0 saturated heterocycles. The molecule has 0 amide bonds. The molecule has 0 bridgehead atoms. The van der Waals surface area contributed by atoms with Gasteiger partial charge in [0, 0.05) is 12.1 Å². The molecule has 1 unspecified atom stereocenters. The Kier molecular flexibility index (Phi) is 5.94. The Morgan fingerprint density at radius 2 is 1.88 bits per heavy atom. The van der Waals surface area contributed by atoms with Crippen LogP contribution in [0, 0.1) is 5.41 Å². The minimum Gasteiger partial charge on any atom is -0.317 e. The van der Waals surface area contributed by atoms with Crippen molar-refractivity contribution in [2.24, 2.45) is 5.41 Å². The van der Waals surface area contributed by atoms with Crippen molar-refractivity contribution in [2.75, 3.05) is 20.6 Å². The van der Waals surface area contributed by atoms with Gasteiger partial charge >= 0.3 is 0 Å². The highest BCUT2D eigenvalue weighted by molar-refractivity contribution is 4.82. The predicted molar refractivity (Wildman–Crippen MR) is 76.4 cm³/mol. The Morgan fingerprint density at radius 3 is 2.41 bits per heavy atom. The zero-order valence-corrected chi connectivity index (χ0v) is 12.6. The number of rotatable bonds is 6. The van der Waals surface area contributed by atoms with Crippen molar-refractivity contribution in [1.82, 2.24) is 10.2 Å². The smallest absolute Gasteiger partial charge is 0.00926 e. The van der Waals surface area contributed by atoms with Gasteiger partial charge in [0.1, 0.15) is 0 Å². The number of nitrogens with one attached hydrogen (secondary N) is 1. The van der Waals surface area contributed by atoms with Crippen LogP contribution in [0.25, 0.3) is 0 Å². The van der Waals surface area contributed by atoms with E-state index in [1.807, 2.05) is 0 Å². The molecule has 0 aliphatic heterocycles. The van der Waals surface area contributed by atoms with Crippen LogP contribution in [0.15, 0.2) is 0 Å². The van der Waals surface area contributed by atoms with E-state index in [1.165, 1.54) is 45.1 Å². The standard InChI is InChI=1S/C15H32N2/c1-13(16-4)7-6-12-17(5)14-8-10-15(2,3)11-9-14/h13-14,16H,6-12H2,1-5H3. The Labute approximate surface area is 108 Å². The van der Waals surface area contributed by atoms with Crippen LogP contribution in [0.2, 0.25) is 0 Å². The molecule has 1 aliphatic carbocycles. The number of hydrogen-bond acceptors (Lipinski definition) is 2. The van der Waals surface area contributed by atoms with Crippen molar-refractivity contribution in [2.45, 2.75) is 71.4 Å². The van der Waals surface area contributed by atoms with E-state index in [0.29, 0.717) is 11.5 Å². The molecular formula is C15H32N2. The second-order valence-electron chi connectivity index (χ2n) is 6.71. The highest BCUT2D eigenvalue weighted by Gasteiger charge is 2.28. The second kappa shape index (κ2) is 6.75. The fourth-order valence-electron chi connectivity index (χ4n) is 2.80. The molecule has 102 valence electrons. The first-order chi connectivity index (χ1) is 7.94. The minimum absolute atomic E-state index is 0.595. The number of hydrogen-bond donors (Lipinski definition) is 1. The zero-order chi connectivity index (χ0) is 12.9. The molecule has 1 rings (SSSR count). The van der Waals surface area contributed by atoms with Gasteiger partial charge in [0.2, 0.25) is 0 Å². The van der Waals surface area contributed by atoms with E-state index >= 15 is 0 Å². The Morgan fingerprint density at radius 1 is 1.29 bits per heavy atom. The average Bonchev–Trinajstić information content (AvgIpc) is 2.28. The van der Waals surface area contributed by atoms with E-state index in [-0.39, 0.29) is 0 Å². The molecule has 0 radical (unpaired) electrons. The van der Waals surface area contributed by atoms with Gasteiger partial charge in [-0.1, -0.05) is 13.8 Å². The van der Waals surface area contributed by atoms with Gasteiger partial charge in [-0.25, -0.2) is 0 Å². The summed E-state index contributed by atoms with van der Waals surface area (Å²) in [4.78, 5) is 2.59. The quantitative estimate of drug-likeness (QED) is 0.766. The monoisotopic (exact) mass is 240 g/mol. The summed E-state index contributed by atoms with van der Waals surface area (Å²) in [6.07, 6.45) is 8.19. The van der Waals surface area contributed by atoms with Crippen molar-refractivity contribution in [3.05, 3.63) is 0 Å². The van der Waals surface area contributed by atoms with E-state index in [0.717, 1.165) is 6.04 Å². The molecule has 2 heteroatoms. The molecule has 1 atom stereocenters. The first-order valence-electron chi connectivity index (χ1n) is 7.32. The van der Waals surface area contributed by atoms with Gasteiger partial charge in [-0.15, -0.1) is 0 Å². The maximum Gasteiger partial charge on any atom is 0.00926 e. The Hall–Kier alpha value is -0.0800. The largest absolute Gasteiger partial charge is 0.317 e. The van der Waals surface area contributed by atoms with E-state index in [9.17, 15) is 0 Å². The van der Waals surface area contributed by atoms with Crippen molar-refractivity contribution in [1.29, 1.82) is 0 Å². The third-order valence-electron chi connectivity index (χ3n) is 4.57. The van der Waals surface area contributed by atoms with Gasteiger partial charge < -0.3 is 10.2 Å². The van der Waals surface area contributed by atoms with Crippen LogP contribution >= 0.6 is 0 Å². The van der Waals surface area contributed by atoms with Crippen LogP contribution in [0.1, 0.15) is 59.3 Å². The van der Waals surface area contributed by atoms with Crippen LogP contribution in [-0.2, 0) is 0 Å². The SMILES string of the molecule is CNC(C)CCCN(C)C1CCC(C)(C)CC1. The highest BCUT2D eigenvalue weighted by Crippen LogP contribution is 2.36. The molecule has 17 heavy (non-hydrogen) atoms. The van der Waals surface area contributed by atoms with Gasteiger partial charge in [-0.2, -0.15) is 0 Å². The van der Waals surface area contributed by atoms with Crippen molar-refractivity contribution < 1.29 is 0 Å². The van der Waals surface area contributed by atoms with Crippen molar-refractivity contribution in [3.8, 4) is 0 Å². The summed E-state index contributed by atoms with van der Waals surface area (Å²) in [7, 11) is 4.37. The number of nitrogens with zero attached hydrogens (tertiary/aromatic N) is 1. The van der Waals surface area contributed by atoms with Gasteiger partial charge in [0.25, 0.3) is 0 Å². The molecule has 1 saturated carbocycles. The summed E-state index contributed by atoms with van der Waals surface area (Å²) in [5.41, 5.74) is 0.595. The fourth-order valence-corrected chi connectivity index (χ4v) is 2.80. The highest BCUT2D eigenvalue weighted by atomic mass is 15.1. The normalized spacial score (nSPS) is 22.9. The molecule has 0 aromatic carbocycles. The second-order valence-corrected chi connectivity index (χ2v) is 6.71. The molecular weight excluding hydrogens is 208 g/mol. The van der Waals surface area contributed by atoms with Gasteiger partial charge in [-0.05, 0) is 71.5 Å². The lowest BCUT2D eigenvalue weighted by molar-refractivity contribution is 0.126. The molecule has 0 spiro atoms. The van der Waals surface area contributed by atoms with Crippen LogP contribution in [0.3, 0.4) is 0 Å². The maximum atomic E-state index is 3.31.